The second-order valence-electron chi connectivity index (χ2n) is 8.59. The summed E-state index contributed by atoms with van der Waals surface area (Å²) in [4.78, 5) is 12.8. The highest BCUT2D eigenvalue weighted by atomic mass is 35.5. The maximum absolute atomic E-state index is 12.8. The van der Waals surface area contributed by atoms with Gasteiger partial charge in [0.25, 0.3) is 0 Å². The molecule has 0 unspecified atom stereocenters. The Hall–Kier alpha value is -3.70. The Bertz CT molecular complexity index is 1470. The number of carbonyl (C=O) groups is 1. The summed E-state index contributed by atoms with van der Waals surface area (Å²) in [6, 6.07) is 13.5. The number of carbonyl (C=O) groups excluding carboxylic acids is 1. The maximum Gasteiger partial charge on any atom is 0.248 e. The summed E-state index contributed by atoms with van der Waals surface area (Å²) in [5.41, 5.74) is 8.32. The first-order valence-electron chi connectivity index (χ1n) is 11.2. The molecule has 0 fully saturated rings. The highest BCUT2D eigenvalue weighted by Gasteiger charge is 2.19. The lowest BCUT2D eigenvalue weighted by molar-refractivity contribution is -0.111. The molecule has 0 saturated heterocycles. The molecule has 1 heterocycles. The zero-order chi connectivity index (χ0) is 25.3. The average Bonchev–Trinajstić information content (AvgIpc) is 3.23. The highest BCUT2D eigenvalue weighted by Crippen LogP contribution is 2.41. The van der Waals surface area contributed by atoms with Crippen LogP contribution in [-0.4, -0.2) is 20.1 Å². The Morgan fingerprint density at radius 3 is 2.43 bits per heavy atom. The van der Waals surface area contributed by atoms with Crippen LogP contribution in [0.15, 0.2) is 59.2 Å². The number of halogens is 1. The molecule has 0 saturated carbocycles. The Kier molecular flexibility index (Phi) is 6.90. The van der Waals surface area contributed by atoms with E-state index in [0.717, 1.165) is 38.8 Å². The van der Waals surface area contributed by atoms with Crippen molar-refractivity contribution >= 4 is 39.7 Å². The van der Waals surface area contributed by atoms with E-state index in [-0.39, 0.29) is 5.91 Å². The number of hydrogen-bond donors (Lipinski definition) is 1. The standard InChI is InChI=1S/C29H28ClNO4/c1-16-7-9-21(17(2)11-16)24-15-35-29-19(4)28(34-6)22(14-23(24)29)18(3)12-27(32)31-20-8-10-26(33-5)25(30)13-20/h7-15H,1-6H3,(H,31,32)/b18-12+. The first-order chi connectivity index (χ1) is 16.7. The van der Waals surface area contributed by atoms with Crippen LogP contribution in [0.4, 0.5) is 5.69 Å². The van der Waals surface area contributed by atoms with E-state index < -0.39 is 0 Å². The summed E-state index contributed by atoms with van der Waals surface area (Å²) in [7, 11) is 3.17. The minimum Gasteiger partial charge on any atom is -0.496 e. The van der Waals surface area contributed by atoms with Crippen LogP contribution in [0, 0.1) is 20.8 Å². The molecule has 3 aromatic carbocycles. The van der Waals surface area contributed by atoms with Gasteiger partial charge in [-0.25, -0.2) is 0 Å². The summed E-state index contributed by atoms with van der Waals surface area (Å²) in [6.07, 6.45) is 3.34. The molecule has 0 aliphatic heterocycles. The van der Waals surface area contributed by atoms with Gasteiger partial charge in [-0.3, -0.25) is 4.79 Å². The number of methoxy groups -OCH3 is 2. The second-order valence-corrected chi connectivity index (χ2v) is 9.00. The minimum atomic E-state index is -0.273. The molecule has 1 aromatic heterocycles. The third-order valence-electron chi connectivity index (χ3n) is 6.11. The van der Waals surface area contributed by atoms with Crippen molar-refractivity contribution in [3.8, 4) is 22.6 Å². The molecule has 4 rings (SSSR count). The van der Waals surface area contributed by atoms with Crippen LogP contribution >= 0.6 is 11.6 Å². The summed E-state index contributed by atoms with van der Waals surface area (Å²) in [5.74, 6) is 0.947. The predicted octanol–water partition coefficient (Wildman–Crippen LogP) is 7.74. The van der Waals surface area contributed by atoms with E-state index in [0.29, 0.717) is 22.2 Å². The van der Waals surface area contributed by atoms with Crippen molar-refractivity contribution in [1.82, 2.24) is 0 Å². The van der Waals surface area contributed by atoms with Gasteiger partial charge < -0.3 is 19.2 Å². The number of furan rings is 1. The quantitative estimate of drug-likeness (QED) is 0.281. The second kappa shape index (κ2) is 9.88. The normalized spacial score (nSPS) is 11.6. The number of ether oxygens (including phenoxy) is 2. The number of aryl methyl sites for hydroxylation is 3. The van der Waals surface area contributed by atoms with Gasteiger partial charge in [-0.15, -0.1) is 0 Å². The fourth-order valence-electron chi connectivity index (χ4n) is 4.39. The largest absolute Gasteiger partial charge is 0.496 e. The average molecular weight is 490 g/mol. The van der Waals surface area contributed by atoms with Gasteiger partial charge in [0, 0.05) is 33.8 Å². The van der Waals surface area contributed by atoms with Crippen LogP contribution in [0.1, 0.15) is 29.2 Å². The van der Waals surface area contributed by atoms with Crippen molar-refractivity contribution in [2.24, 2.45) is 0 Å². The summed E-state index contributed by atoms with van der Waals surface area (Å²) in [6.45, 7) is 8.03. The van der Waals surface area contributed by atoms with Gasteiger partial charge in [0.15, 0.2) is 0 Å². The lowest BCUT2D eigenvalue weighted by Gasteiger charge is -2.14. The van der Waals surface area contributed by atoms with Gasteiger partial charge in [0.2, 0.25) is 5.91 Å². The molecule has 0 aliphatic carbocycles. The molecule has 0 bridgehead atoms. The van der Waals surface area contributed by atoms with Crippen molar-refractivity contribution in [3.63, 3.8) is 0 Å². The van der Waals surface area contributed by atoms with Crippen LogP contribution < -0.4 is 14.8 Å². The molecule has 5 nitrogen and oxygen atoms in total. The highest BCUT2D eigenvalue weighted by molar-refractivity contribution is 6.32. The molecule has 0 atom stereocenters. The topological polar surface area (TPSA) is 60.7 Å². The van der Waals surface area contributed by atoms with Crippen molar-refractivity contribution in [1.29, 1.82) is 0 Å². The van der Waals surface area contributed by atoms with E-state index in [9.17, 15) is 4.79 Å². The van der Waals surface area contributed by atoms with E-state index in [2.05, 4.69) is 37.4 Å². The van der Waals surface area contributed by atoms with Crippen molar-refractivity contribution in [2.45, 2.75) is 27.7 Å². The number of benzene rings is 3. The lowest BCUT2D eigenvalue weighted by atomic mass is 9.94. The van der Waals surface area contributed by atoms with E-state index in [1.807, 2.05) is 19.9 Å². The SMILES string of the molecule is COc1ccc(NC(=O)/C=C(\C)c2cc3c(-c4ccc(C)cc4C)coc3c(C)c2OC)cc1Cl. The number of hydrogen-bond acceptors (Lipinski definition) is 4. The number of amides is 1. The first kappa shape index (κ1) is 24.4. The van der Waals surface area contributed by atoms with Crippen molar-refractivity contribution in [2.75, 3.05) is 19.5 Å². The van der Waals surface area contributed by atoms with Crippen LogP contribution in [0.25, 0.3) is 27.7 Å². The van der Waals surface area contributed by atoms with Crippen molar-refractivity contribution in [3.05, 3.63) is 82.1 Å². The molecule has 1 amide bonds. The van der Waals surface area contributed by atoms with Crippen LogP contribution in [0.2, 0.25) is 5.02 Å². The van der Waals surface area contributed by atoms with E-state index in [1.165, 1.54) is 11.1 Å². The van der Waals surface area contributed by atoms with Crippen molar-refractivity contribution < 1.29 is 18.7 Å². The number of fused-ring (bicyclic) bond motifs is 1. The number of anilines is 1. The molecule has 4 aromatic rings. The predicted molar refractivity (Wildman–Crippen MR) is 143 cm³/mol. The zero-order valence-electron chi connectivity index (χ0n) is 20.7. The summed E-state index contributed by atoms with van der Waals surface area (Å²) in [5, 5.41) is 4.25. The molecule has 0 aliphatic rings. The molecule has 180 valence electrons. The van der Waals surface area contributed by atoms with Gasteiger partial charge in [0.05, 0.1) is 25.5 Å². The zero-order valence-corrected chi connectivity index (χ0v) is 21.5. The van der Waals surface area contributed by atoms with Gasteiger partial charge in [-0.05, 0) is 68.7 Å². The number of rotatable bonds is 6. The van der Waals surface area contributed by atoms with Crippen LogP contribution in [0.5, 0.6) is 11.5 Å². The van der Waals surface area contributed by atoms with Crippen LogP contribution in [-0.2, 0) is 4.79 Å². The van der Waals surface area contributed by atoms with Gasteiger partial charge in [0.1, 0.15) is 17.1 Å². The Morgan fingerprint density at radius 2 is 1.77 bits per heavy atom. The van der Waals surface area contributed by atoms with Gasteiger partial charge >= 0.3 is 0 Å². The number of allylic oxidation sites excluding steroid dienone is 1. The fourth-order valence-corrected chi connectivity index (χ4v) is 4.65. The Balaban J connectivity index is 1.75. The molecule has 6 heteroatoms. The molecule has 0 spiro atoms. The summed E-state index contributed by atoms with van der Waals surface area (Å²) >= 11 is 6.18. The first-order valence-corrected chi connectivity index (χ1v) is 11.6. The maximum atomic E-state index is 12.8. The Morgan fingerprint density at radius 1 is 1.00 bits per heavy atom. The number of nitrogens with one attached hydrogen (secondary N) is 1. The monoisotopic (exact) mass is 489 g/mol. The van der Waals surface area contributed by atoms with E-state index >= 15 is 0 Å². The van der Waals surface area contributed by atoms with E-state index in [4.69, 9.17) is 25.5 Å². The smallest absolute Gasteiger partial charge is 0.248 e. The van der Waals surface area contributed by atoms with Gasteiger partial charge in [-0.2, -0.15) is 0 Å². The summed E-state index contributed by atoms with van der Waals surface area (Å²) < 4.78 is 16.9. The molecule has 1 N–H and O–H groups in total. The van der Waals surface area contributed by atoms with Crippen LogP contribution in [0.3, 0.4) is 0 Å². The fraction of sp³-hybridized carbons (Fsp3) is 0.207. The third-order valence-corrected chi connectivity index (χ3v) is 6.41. The minimum absolute atomic E-state index is 0.273. The Labute approximate surface area is 210 Å². The molecule has 0 radical (unpaired) electrons. The molecular formula is C29H28ClNO4. The van der Waals surface area contributed by atoms with Gasteiger partial charge in [-0.1, -0.05) is 35.4 Å². The molecular weight excluding hydrogens is 462 g/mol. The van der Waals surface area contributed by atoms with E-state index in [1.54, 1.807) is 44.8 Å². The molecule has 35 heavy (non-hydrogen) atoms. The third kappa shape index (κ3) is 4.77. The lowest BCUT2D eigenvalue weighted by Crippen LogP contribution is -2.09.